The van der Waals surface area contributed by atoms with Crippen molar-refractivity contribution in [1.82, 2.24) is 14.9 Å². The molecule has 2 aliphatic heterocycles. The Kier molecular flexibility index (Phi) is 5.93. The van der Waals surface area contributed by atoms with E-state index in [1.165, 1.54) is 21.6 Å². The molecule has 0 aliphatic carbocycles. The molecule has 0 bridgehead atoms. The predicted molar refractivity (Wildman–Crippen MR) is 125 cm³/mol. The second-order valence-corrected chi connectivity index (χ2v) is 9.74. The molecule has 1 atom stereocenters. The van der Waals surface area contributed by atoms with Crippen molar-refractivity contribution in [3.05, 3.63) is 41.1 Å². The van der Waals surface area contributed by atoms with Gasteiger partial charge in [0.1, 0.15) is 17.5 Å². The zero-order valence-corrected chi connectivity index (χ0v) is 20.1. The molecule has 3 amide bonds. The number of anilines is 2. The van der Waals surface area contributed by atoms with Gasteiger partial charge in [0.05, 0.1) is 23.8 Å². The Morgan fingerprint density at radius 2 is 2.09 bits per heavy atom. The molecule has 0 radical (unpaired) electrons. The maximum Gasteiger partial charge on any atom is 0.414 e. The second-order valence-electron chi connectivity index (χ2n) is 8.97. The number of benzene rings is 1. The smallest absolute Gasteiger partial charge is 0.414 e. The number of amides is 3. The first-order chi connectivity index (χ1) is 15.6. The number of hydrogen-bond acceptors (Lipinski definition) is 7. The summed E-state index contributed by atoms with van der Waals surface area (Å²) in [7, 11) is 1.70. The van der Waals surface area contributed by atoms with Crippen molar-refractivity contribution in [3.63, 3.8) is 0 Å². The molecule has 9 nitrogen and oxygen atoms in total. The number of thioether (sulfide) groups is 1. The van der Waals surface area contributed by atoms with Crippen molar-refractivity contribution in [2.75, 3.05) is 29.6 Å². The van der Waals surface area contributed by atoms with E-state index in [1.807, 2.05) is 12.3 Å². The lowest BCUT2D eigenvalue weighted by Crippen LogP contribution is -2.50. The fourth-order valence-corrected chi connectivity index (χ4v) is 4.56. The highest BCUT2D eigenvalue weighted by Crippen LogP contribution is 2.42. The van der Waals surface area contributed by atoms with Crippen molar-refractivity contribution in [3.8, 4) is 6.07 Å². The molecule has 33 heavy (non-hydrogen) atoms. The molecule has 2 aromatic rings. The lowest BCUT2D eigenvalue weighted by Gasteiger charge is -2.43. The Hall–Kier alpha value is -3.32. The third-order valence-electron chi connectivity index (χ3n) is 5.63. The molecule has 172 valence electrons. The minimum Gasteiger partial charge on any atom is -0.443 e. The summed E-state index contributed by atoms with van der Waals surface area (Å²) < 4.78 is 5.59. The van der Waals surface area contributed by atoms with E-state index in [-0.39, 0.29) is 12.1 Å². The number of rotatable bonds is 2. The van der Waals surface area contributed by atoms with Gasteiger partial charge in [-0.1, -0.05) is 23.9 Å². The number of carbonyl (C=O) groups is 2. The molecule has 0 N–H and O–H groups in total. The Morgan fingerprint density at radius 3 is 2.76 bits per heavy atom. The van der Waals surface area contributed by atoms with Crippen LogP contribution >= 0.6 is 11.8 Å². The van der Waals surface area contributed by atoms with Crippen LogP contribution in [0.1, 0.15) is 49.9 Å². The Balaban J connectivity index is 1.74. The largest absolute Gasteiger partial charge is 0.443 e. The fourth-order valence-electron chi connectivity index (χ4n) is 4.22. The van der Waals surface area contributed by atoms with Gasteiger partial charge in [-0.2, -0.15) is 5.26 Å². The summed E-state index contributed by atoms with van der Waals surface area (Å²) in [4.78, 5) is 40.0. The van der Waals surface area contributed by atoms with Crippen LogP contribution in [0.2, 0.25) is 0 Å². The summed E-state index contributed by atoms with van der Waals surface area (Å²) in [6.45, 7) is 6.09. The highest BCUT2D eigenvalue weighted by atomic mass is 32.2. The Bertz CT molecular complexity index is 1160. The third kappa shape index (κ3) is 4.20. The zero-order chi connectivity index (χ0) is 23.9. The van der Waals surface area contributed by atoms with E-state index in [9.17, 15) is 14.9 Å². The van der Waals surface area contributed by atoms with Crippen LogP contribution in [0.15, 0.2) is 29.6 Å². The van der Waals surface area contributed by atoms with E-state index in [0.717, 1.165) is 11.1 Å². The van der Waals surface area contributed by atoms with Gasteiger partial charge in [-0.15, -0.1) is 0 Å². The average molecular weight is 467 g/mol. The van der Waals surface area contributed by atoms with Crippen molar-refractivity contribution in [1.29, 1.82) is 5.26 Å². The molecule has 0 spiro atoms. The number of fused-ring (bicyclic) bond motifs is 2. The summed E-state index contributed by atoms with van der Waals surface area (Å²) in [6, 6.07) is 7.02. The monoisotopic (exact) mass is 466 g/mol. The van der Waals surface area contributed by atoms with Crippen LogP contribution < -0.4 is 9.80 Å². The Morgan fingerprint density at radius 1 is 1.33 bits per heavy atom. The average Bonchev–Trinajstić information content (AvgIpc) is 2.79. The second kappa shape index (κ2) is 8.56. The molecule has 0 saturated heterocycles. The van der Waals surface area contributed by atoms with Gasteiger partial charge in [0.15, 0.2) is 5.16 Å². The van der Waals surface area contributed by atoms with Crippen LogP contribution in [0.25, 0.3) is 0 Å². The number of ether oxygens (including phenoxy) is 1. The molecule has 1 aromatic heterocycles. The molecular formula is C23H26N6O3S. The normalized spacial score (nSPS) is 17.9. The van der Waals surface area contributed by atoms with Gasteiger partial charge in [-0.25, -0.2) is 19.6 Å². The first-order valence-corrected chi connectivity index (χ1v) is 11.8. The van der Waals surface area contributed by atoms with Crippen molar-refractivity contribution in [2.45, 2.75) is 50.5 Å². The Labute approximate surface area is 197 Å². The summed E-state index contributed by atoms with van der Waals surface area (Å²) >= 11 is 1.42. The van der Waals surface area contributed by atoms with Crippen LogP contribution in [0.4, 0.5) is 21.1 Å². The number of aromatic nitrogens is 2. The molecule has 2 aliphatic rings. The minimum absolute atomic E-state index is 0.183. The lowest BCUT2D eigenvalue weighted by molar-refractivity contribution is 0.0572. The minimum atomic E-state index is -0.666. The molecule has 1 aromatic carbocycles. The van der Waals surface area contributed by atoms with Gasteiger partial charge in [0, 0.05) is 30.9 Å². The van der Waals surface area contributed by atoms with E-state index in [1.54, 1.807) is 51.0 Å². The van der Waals surface area contributed by atoms with Gasteiger partial charge in [0.2, 0.25) is 0 Å². The van der Waals surface area contributed by atoms with Crippen LogP contribution in [0.5, 0.6) is 0 Å². The molecule has 1 unspecified atom stereocenters. The van der Waals surface area contributed by atoms with E-state index in [2.05, 4.69) is 16.0 Å². The highest BCUT2D eigenvalue weighted by molar-refractivity contribution is 7.98. The zero-order valence-electron chi connectivity index (χ0n) is 19.3. The maximum atomic E-state index is 13.4. The number of carbonyl (C=O) groups excluding carboxylic acids is 2. The van der Waals surface area contributed by atoms with Gasteiger partial charge in [-0.05, 0) is 39.5 Å². The highest BCUT2D eigenvalue weighted by Gasteiger charge is 2.40. The predicted octanol–water partition coefficient (Wildman–Crippen LogP) is 4.33. The van der Waals surface area contributed by atoms with Crippen LogP contribution in [0.3, 0.4) is 0 Å². The van der Waals surface area contributed by atoms with Crippen LogP contribution in [-0.2, 0) is 11.3 Å². The molecule has 4 rings (SSSR count). The van der Waals surface area contributed by atoms with Crippen LogP contribution in [0, 0.1) is 11.3 Å². The first-order valence-electron chi connectivity index (χ1n) is 10.6. The van der Waals surface area contributed by atoms with Crippen molar-refractivity contribution >= 4 is 35.4 Å². The molecule has 0 fully saturated rings. The van der Waals surface area contributed by atoms with Crippen molar-refractivity contribution < 1.29 is 14.3 Å². The topological polar surface area (TPSA) is 103 Å². The van der Waals surface area contributed by atoms with E-state index in [4.69, 9.17) is 4.74 Å². The number of nitrogens with zero attached hydrogens (tertiary/aromatic N) is 6. The standard InChI is InChI=1S/C23H26N6O3S/c1-23(2,3)32-22(31)28-10-9-17(16-8-6-7-14(11-24)18(16)28)29-13-15-12-25-20(33-5)26-19(15)27(4)21(29)30/h6-8,12,17H,9-10,13H2,1-5H3. The fraction of sp³-hybridized carbons (Fsp3) is 0.435. The van der Waals surface area contributed by atoms with E-state index in [0.29, 0.717) is 41.7 Å². The number of nitriles is 1. The summed E-state index contributed by atoms with van der Waals surface area (Å²) in [5.74, 6) is 0.604. The maximum absolute atomic E-state index is 13.4. The quantitative estimate of drug-likeness (QED) is 0.479. The lowest BCUT2D eigenvalue weighted by atomic mass is 9.92. The molecule has 0 saturated carbocycles. The number of para-hydroxylation sites is 1. The van der Waals surface area contributed by atoms with Crippen LogP contribution in [-0.4, -0.2) is 52.4 Å². The van der Waals surface area contributed by atoms with Gasteiger partial charge >= 0.3 is 12.1 Å². The summed E-state index contributed by atoms with van der Waals surface area (Å²) in [5, 5.41) is 10.4. The van der Waals surface area contributed by atoms with Gasteiger partial charge in [-0.3, -0.25) is 9.80 Å². The van der Waals surface area contributed by atoms with E-state index < -0.39 is 11.7 Å². The number of urea groups is 1. The first kappa shape index (κ1) is 22.9. The molecule has 3 heterocycles. The molecule has 10 heteroatoms. The van der Waals surface area contributed by atoms with Gasteiger partial charge < -0.3 is 9.64 Å². The van der Waals surface area contributed by atoms with Crippen molar-refractivity contribution in [2.24, 2.45) is 0 Å². The molecular weight excluding hydrogens is 440 g/mol. The summed E-state index contributed by atoms with van der Waals surface area (Å²) in [5.41, 5.74) is 1.80. The summed E-state index contributed by atoms with van der Waals surface area (Å²) in [6.07, 6.45) is 3.66. The number of hydrogen-bond donors (Lipinski definition) is 0. The SMILES string of the molecule is CSc1ncc2c(n1)N(C)C(=O)N(C1CCN(C(=O)OC(C)(C)C)c3c(C#N)cccc31)C2. The van der Waals surface area contributed by atoms with E-state index >= 15 is 0 Å². The van der Waals surface area contributed by atoms with Gasteiger partial charge in [0.25, 0.3) is 0 Å². The third-order valence-corrected chi connectivity index (χ3v) is 6.19.